The predicted octanol–water partition coefficient (Wildman–Crippen LogP) is 2.33. The minimum absolute atomic E-state index is 0.148. The Bertz CT molecular complexity index is 448. The Morgan fingerprint density at radius 3 is 2.24 bits per heavy atom. The maximum absolute atomic E-state index is 11.8. The first-order valence-corrected chi connectivity index (χ1v) is 5.51. The van der Waals surface area contributed by atoms with Crippen molar-refractivity contribution in [3.8, 4) is 5.75 Å². The summed E-state index contributed by atoms with van der Waals surface area (Å²) >= 11 is 3.04. The van der Waals surface area contributed by atoms with Crippen LogP contribution in [0.15, 0.2) is 34.8 Å². The molecule has 0 spiro atoms. The number of Topliss-reactive ketones (excluding diaryl/α,β-unsaturated/α-hetero) is 1. The summed E-state index contributed by atoms with van der Waals surface area (Å²) in [5.41, 5.74) is 0.456. The van der Waals surface area contributed by atoms with Gasteiger partial charge in [0.1, 0.15) is 5.75 Å². The summed E-state index contributed by atoms with van der Waals surface area (Å²) in [6, 6.07) is 6.58. The van der Waals surface area contributed by atoms with E-state index in [1.165, 1.54) is 7.11 Å². The number of esters is 1. The predicted molar refractivity (Wildman–Crippen MR) is 66.4 cm³/mol. The van der Waals surface area contributed by atoms with E-state index in [0.717, 1.165) is 6.08 Å². The standard InChI is InChI=1S/C12H11BrO4/c1-16-9-5-3-8(4-6-9)12(15)10(13)7-11(14)17-2/h3-7H,1-2H3/b10-7-. The van der Waals surface area contributed by atoms with Gasteiger partial charge in [0.25, 0.3) is 0 Å². The first-order valence-electron chi connectivity index (χ1n) is 4.72. The number of allylic oxidation sites excluding steroid dienone is 1. The Labute approximate surface area is 107 Å². The van der Waals surface area contributed by atoms with E-state index in [2.05, 4.69) is 20.7 Å². The van der Waals surface area contributed by atoms with Gasteiger partial charge in [0.2, 0.25) is 0 Å². The molecule has 0 N–H and O–H groups in total. The van der Waals surface area contributed by atoms with Crippen LogP contribution in [0, 0.1) is 0 Å². The molecule has 0 unspecified atom stereocenters. The molecule has 0 heterocycles. The first kappa shape index (κ1) is 13.4. The Balaban J connectivity index is 2.88. The molecule has 90 valence electrons. The van der Waals surface area contributed by atoms with Crippen molar-refractivity contribution in [3.63, 3.8) is 0 Å². The van der Waals surface area contributed by atoms with Crippen molar-refractivity contribution in [2.24, 2.45) is 0 Å². The second kappa shape index (κ2) is 6.20. The molecule has 0 atom stereocenters. The van der Waals surface area contributed by atoms with Crippen molar-refractivity contribution >= 4 is 27.7 Å². The normalized spacial score (nSPS) is 10.9. The van der Waals surface area contributed by atoms with Crippen LogP contribution < -0.4 is 4.74 Å². The number of methoxy groups -OCH3 is 2. The zero-order valence-corrected chi connectivity index (χ0v) is 11.0. The molecule has 0 aliphatic carbocycles. The highest BCUT2D eigenvalue weighted by atomic mass is 79.9. The zero-order chi connectivity index (χ0) is 12.8. The quantitative estimate of drug-likeness (QED) is 0.486. The topological polar surface area (TPSA) is 52.6 Å². The number of carbonyl (C=O) groups excluding carboxylic acids is 2. The summed E-state index contributed by atoms with van der Waals surface area (Å²) < 4.78 is 9.55. The van der Waals surface area contributed by atoms with Crippen LogP contribution in [0.5, 0.6) is 5.75 Å². The number of ketones is 1. The van der Waals surface area contributed by atoms with E-state index >= 15 is 0 Å². The smallest absolute Gasteiger partial charge is 0.331 e. The van der Waals surface area contributed by atoms with Gasteiger partial charge < -0.3 is 9.47 Å². The van der Waals surface area contributed by atoms with E-state index in [9.17, 15) is 9.59 Å². The van der Waals surface area contributed by atoms with E-state index in [1.54, 1.807) is 31.4 Å². The SMILES string of the molecule is COC(=O)/C=C(\Br)C(=O)c1ccc(OC)cc1. The molecule has 4 nitrogen and oxygen atoms in total. The third-order valence-electron chi connectivity index (χ3n) is 2.01. The number of hydrogen-bond donors (Lipinski definition) is 0. The molecule has 0 amide bonds. The Kier molecular flexibility index (Phi) is 4.90. The van der Waals surface area contributed by atoms with Crippen LogP contribution in [-0.4, -0.2) is 26.0 Å². The van der Waals surface area contributed by atoms with E-state index in [4.69, 9.17) is 4.74 Å². The maximum atomic E-state index is 11.8. The molecule has 17 heavy (non-hydrogen) atoms. The van der Waals surface area contributed by atoms with Gasteiger partial charge in [-0.15, -0.1) is 0 Å². The van der Waals surface area contributed by atoms with Crippen LogP contribution in [0.25, 0.3) is 0 Å². The zero-order valence-electron chi connectivity index (χ0n) is 9.40. The molecule has 0 aliphatic rings. The number of carbonyl (C=O) groups is 2. The summed E-state index contributed by atoms with van der Waals surface area (Å²) in [5, 5.41) is 0. The number of halogens is 1. The minimum Gasteiger partial charge on any atom is -0.497 e. The first-order chi connectivity index (χ1) is 8.08. The Hall–Kier alpha value is -1.62. The van der Waals surface area contributed by atoms with Crippen LogP contribution in [0.1, 0.15) is 10.4 Å². The number of benzene rings is 1. The third-order valence-corrected chi connectivity index (χ3v) is 2.60. The molecule has 1 rings (SSSR count). The van der Waals surface area contributed by atoms with Gasteiger partial charge in [-0.1, -0.05) is 0 Å². The van der Waals surface area contributed by atoms with E-state index in [1.807, 2.05) is 0 Å². The van der Waals surface area contributed by atoms with Crippen molar-refractivity contribution in [1.82, 2.24) is 0 Å². The van der Waals surface area contributed by atoms with Crippen molar-refractivity contribution in [3.05, 3.63) is 40.4 Å². The molecule has 0 radical (unpaired) electrons. The van der Waals surface area contributed by atoms with Gasteiger partial charge in [0.05, 0.1) is 18.7 Å². The summed E-state index contributed by atoms with van der Waals surface area (Å²) in [5.74, 6) is -0.216. The summed E-state index contributed by atoms with van der Waals surface area (Å²) in [4.78, 5) is 22.8. The van der Waals surface area contributed by atoms with Gasteiger partial charge in [-0.3, -0.25) is 4.79 Å². The van der Waals surface area contributed by atoms with Crippen LogP contribution >= 0.6 is 15.9 Å². The van der Waals surface area contributed by atoms with Crippen molar-refractivity contribution in [2.75, 3.05) is 14.2 Å². The lowest BCUT2D eigenvalue weighted by molar-refractivity contribution is -0.134. The van der Waals surface area contributed by atoms with Crippen molar-refractivity contribution in [1.29, 1.82) is 0 Å². The van der Waals surface area contributed by atoms with Gasteiger partial charge in [-0.25, -0.2) is 4.79 Å². The molecule has 0 saturated heterocycles. The van der Waals surface area contributed by atoms with Crippen LogP contribution in [0.3, 0.4) is 0 Å². The number of hydrogen-bond acceptors (Lipinski definition) is 4. The average molecular weight is 299 g/mol. The van der Waals surface area contributed by atoms with Crippen molar-refractivity contribution < 1.29 is 19.1 Å². The molecule has 0 aromatic heterocycles. The van der Waals surface area contributed by atoms with Gasteiger partial charge in [0.15, 0.2) is 5.78 Å². The van der Waals surface area contributed by atoms with Crippen LogP contribution in [0.4, 0.5) is 0 Å². The average Bonchev–Trinajstić information content (AvgIpc) is 2.37. The monoisotopic (exact) mass is 298 g/mol. The molecule has 0 bridgehead atoms. The number of rotatable bonds is 4. The largest absolute Gasteiger partial charge is 0.497 e. The third kappa shape index (κ3) is 3.71. The highest BCUT2D eigenvalue weighted by molar-refractivity contribution is 9.12. The second-order valence-corrected chi connectivity index (χ2v) is 3.93. The maximum Gasteiger partial charge on any atom is 0.331 e. The van der Waals surface area contributed by atoms with Crippen molar-refractivity contribution in [2.45, 2.75) is 0 Å². The van der Waals surface area contributed by atoms with Gasteiger partial charge >= 0.3 is 5.97 Å². The fourth-order valence-corrected chi connectivity index (χ4v) is 1.52. The summed E-state index contributed by atoms with van der Waals surface area (Å²) in [6.07, 6.45) is 1.09. The Morgan fingerprint density at radius 1 is 1.18 bits per heavy atom. The van der Waals surface area contributed by atoms with Crippen LogP contribution in [-0.2, 0) is 9.53 Å². The molecule has 1 aromatic carbocycles. The van der Waals surface area contributed by atoms with E-state index in [0.29, 0.717) is 11.3 Å². The fourth-order valence-electron chi connectivity index (χ4n) is 1.11. The molecule has 5 heteroatoms. The molecule has 0 fully saturated rings. The molecule has 0 aliphatic heterocycles. The van der Waals surface area contributed by atoms with Gasteiger partial charge in [-0.05, 0) is 40.2 Å². The summed E-state index contributed by atoms with van der Waals surface area (Å²) in [7, 11) is 2.79. The lowest BCUT2D eigenvalue weighted by atomic mass is 10.1. The molecular formula is C12H11BrO4. The molecular weight excluding hydrogens is 288 g/mol. The number of ether oxygens (including phenoxy) is 2. The lowest BCUT2D eigenvalue weighted by Gasteiger charge is -2.02. The lowest BCUT2D eigenvalue weighted by Crippen LogP contribution is -2.03. The van der Waals surface area contributed by atoms with E-state index < -0.39 is 5.97 Å². The van der Waals surface area contributed by atoms with Gasteiger partial charge in [0, 0.05) is 11.6 Å². The highest BCUT2D eigenvalue weighted by Crippen LogP contribution is 2.17. The Morgan fingerprint density at radius 2 is 1.76 bits per heavy atom. The second-order valence-electron chi connectivity index (χ2n) is 3.07. The fraction of sp³-hybridized carbons (Fsp3) is 0.167. The summed E-state index contributed by atoms with van der Waals surface area (Å²) in [6.45, 7) is 0. The molecule has 0 saturated carbocycles. The highest BCUT2D eigenvalue weighted by Gasteiger charge is 2.11. The molecule has 1 aromatic rings. The van der Waals surface area contributed by atoms with E-state index in [-0.39, 0.29) is 10.3 Å². The van der Waals surface area contributed by atoms with Crippen LogP contribution in [0.2, 0.25) is 0 Å². The van der Waals surface area contributed by atoms with Gasteiger partial charge in [-0.2, -0.15) is 0 Å². The minimum atomic E-state index is -0.585.